The Balaban J connectivity index is 1.32. The van der Waals surface area contributed by atoms with Crippen molar-refractivity contribution in [1.82, 2.24) is 13.9 Å². The minimum Gasteiger partial charge on any atom is -0.317 e. The molecule has 0 heterocycles. The first-order valence-electron chi connectivity index (χ1n) is 13.8. The maximum atomic E-state index is 13.4. The first-order chi connectivity index (χ1) is 19.9. The van der Waals surface area contributed by atoms with Gasteiger partial charge in [0.15, 0.2) is 0 Å². The molecular formula is C32H37N3O4S2. The van der Waals surface area contributed by atoms with Gasteiger partial charge in [-0.15, -0.1) is 0 Å². The van der Waals surface area contributed by atoms with Gasteiger partial charge in [0.05, 0.1) is 9.79 Å². The molecule has 0 aromatic heterocycles. The van der Waals surface area contributed by atoms with Crippen molar-refractivity contribution in [2.45, 2.75) is 35.7 Å². The quantitative estimate of drug-likeness (QED) is 0.183. The molecule has 0 saturated carbocycles. The summed E-state index contributed by atoms with van der Waals surface area (Å²) in [5.41, 5.74) is 1.86. The van der Waals surface area contributed by atoms with Crippen LogP contribution in [0.5, 0.6) is 0 Å². The van der Waals surface area contributed by atoms with Crippen LogP contribution in [0.4, 0.5) is 0 Å². The number of benzene rings is 4. The molecular weight excluding hydrogens is 555 g/mol. The molecule has 0 aliphatic rings. The Hall–Kier alpha value is -3.34. The molecule has 0 unspecified atom stereocenters. The summed E-state index contributed by atoms with van der Waals surface area (Å²) in [7, 11) is -7.30. The van der Waals surface area contributed by atoms with Crippen LogP contribution in [-0.2, 0) is 33.1 Å². The standard InChI is InChI=1S/C32H37N3O4S2/c36-40(37,31-19-9-3-10-20-31)34(27-29-15-5-1-6-16-29)25-13-23-33-24-14-26-35(28-30-17-7-2-8-18-30)41(38,39)32-21-11-4-12-22-32/h1-12,15-22,33H,13-14,23-28H2. The van der Waals surface area contributed by atoms with Crippen LogP contribution >= 0.6 is 0 Å². The van der Waals surface area contributed by atoms with Gasteiger partial charge in [0.2, 0.25) is 20.0 Å². The average Bonchev–Trinajstić information content (AvgIpc) is 3.01. The van der Waals surface area contributed by atoms with Crippen LogP contribution < -0.4 is 5.32 Å². The summed E-state index contributed by atoms with van der Waals surface area (Å²) in [4.78, 5) is 0.559. The van der Waals surface area contributed by atoms with E-state index in [-0.39, 0.29) is 9.79 Å². The Morgan fingerprint density at radius 1 is 0.463 bits per heavy atom. The molecule has 41 heavy (non-hydrogen) atoms. The molecule has 216 valence electrons. The Bertz CT molecular complexity index is 1420. The van der Waals surface area contributed by atoms with Gasteiger partial charge in [0, 0.05) is 26.2 Å². The van der Waals surface area contributed by atoms with Crippen LogP contribution in [0.1, 0.15) is 24.0 Å². The van der Waals surface area contributed by atoms with Crippen LogP contribution in [0, 0.1) is 0 Å². The van der Waals surface area contributed by atoms with E-state index in [1.165, 1.54) is 8.61 Å². The monoisotopic (exact) mass is 591 g/mol. The highest BCUT2D eigenvalue weighted by Gasteiger charge is 2.25. The van der Waals surface area contributed by atoms with E-state index in [2.05, 4.69) is 5.32 Å². The SMILES string of the molecule is O=S(=O)(c1ccccc1)N(CCCNCCCN(Cc1ccccc1)S(=O)(=O)c1ccccc1)Cc1ccccc1. The molecule has 4 aromatic carbocycles. The maximum Gasteiger partial charge on any atom is 0.243 e. The van der Waals surface area contributed by atoms with Gasteiger partial charge in [-0.1, -0.05) is 97.1 Å². The van der Waals surface area contributed by atoms with E-state index in [9.17, 15) is 16.8 Å². The second-order valence-electron chi connectivity index (χ2n) is 9.73. The molecule has 0 aliphatic carbocycles. The molecule has 9 heteroatoms. The van der Waals surface area contributed by atoms with E-state index >= 15 is 0 Å². The van der Waals surface area contributed by atoms with Crippen molar-refractivity contribution in [3.63, 3.8) is 0 Å². The van der Waals surface area contributed by atoms with E-state index in [0.29, 0.717) is 52.1 Å². The summed E-state index contributed by atoms with van der Waals surface area (Å²) in [6.07, 6.45) is 1.24. The smallest absolute Gasteiger partial charge is 0.243 e. The Morgan fingerprint density at radius 2 is 0.780 bits per heavy atom. The van der Waals surface area contributed by atoms with Crippen LogP contribution in [-0.4, -0.2) is 51.6 Å². The molecule has 0 spiro atoms. The lowest BCUT2D eigenvalue weighted by molar-refractivity contribution is 0.384. The zero-order valence-corrected chi connectivity index (χ0v) is 24.7. The van der Waals surface area contributed by atoms with E-state index in [4.69, 9.17) is 0 Å². The molecule has 0 fully saturated rings. The first kappa shape index (κ1) is 30.6. The number of nitrogens with one attached hydrogen (secondary N) is 1. The third kappa shape index (κ3) is 8.82. The Morgan fingerprint density at radius 3 is 1.12 bits per heavy atom. The lowest BCUT2D eigenvalue weighted by Crippen LogP contribution is -2.34. The van der Waals surface area contributed by atoms with Gasteiger partial charge >= 0.3 is 0 Å². The number of sulfonamides is 2. The maximum absolute atomic E-state index is 13.4. The van der Waals surface area contributed by atoms with E-state index in [1.807, 2.05) is 60.7 Å². The summed E-state index contributed by atoms with van der Waals surface area (Å²) >= 11 is 0. The molecule has 1 N–H and O–H groups in total. The van der Waals surface area contributed by atoms with E-state index in [1.54, 1.807) is 60.7 Å². The van der Waals surface area contributed by atoms with Crippen molar-refractivity contribution in [1.29, 1.82) is 0 Å². The van der Waals surface area contributed by atoms with Gasteiger partial charge < -0.3 is 5.32 Å². The largest absolute Gasteiger partial charge is 0.317 e. The highest BCUT2D eigenvalue weighted by atomic mass is 32.2. The second-order valence-corrected chi connectivity index (χ2v) is 13.6. The topological polar surface area (TPSA) is 86.8 Å². The molecule has 0 bridgehead atoms. The normalized spacial score (nSPS) is 12.1. The summed E-state index contributed by atoms with van der Waals surface area (Å²) in [5.74, 6) is 0. The zero-order chi connectivity index (χ0) is 29.0. The van der Waals surface area contributed by atoms with Crippen LogP contribution in [0.3, 0.4) is 0 Å². The fourth-order valence-electron chi connectivity index (χ4n) is 4.51. The lowest BCUT2D eigenvalue weighted by atomic mass is 10.2. The van der Waals surface area contributed by atoms with Crippen LogP contribution in [0.2, 0.25) is 0 Å². The number of hydrogen-bond donors (Lipinski definition) is 1. The predicted octanol–water partition coefficient (Wildman–Crippen LogP) is 5.14. The van der Waals surface area contributed by atoms with Crippen LogP contribution in [0.15, 0.2) is 131 Å². The highest BCUT2D eigenvalue weighted by molar-refractivity contribution is 7.89. The van der Waals surface area contributed by atoms with Crippen molar-refractivity contribution >= 4 is 20.0 Å². The Labute approximate surface area is 244 Å². The average molecular weight is 592 g/mol. The summed E-state index contributed by atoms with van der Waals surface area (Å²) in [6, 6.07) is 36.2. The van der Waals surface area contributed by atoms with Gasteiger partial charge in [0.25, 0.3) is 0 Å². The molecule has 0 atom stereocenters. The van der Waals surface area contributed by atoms with Gasteiger partial charge in [0.1, 0.15) is 0 Å². The lowest BCUT2D eigenvalue weighted by Gasteiger charge is -2.23. The Kier molecular flexibility index (Phi) is 11.2. The third-order valence-electron chi connectivity index (χ3n) is 6.69. The van der Waals surface area contributed by atoms with Gasteiger partial charge in [-0.05, 0) is 61.3 Å². The molecule has 4 aromatic rings. The van der Waals surface area contributed by atoms with Crippen LogP contribution in [0.25, 0.3) is 0 Å². The second kappa shape index (κ2) is 15.0. The predicted molar refractivity (Wildman–Crippen MR) is 163 cm³/mol. The van der Waals surface area contributed by atoms with Gasteiger partial charge in [-0.2, -0.15) is 8.61 Å². The molecule has 0 aliphatic heterocycles. The number of nitrogens with zero attached hydrogens (tertiary/aromatic N) is 2. The fraction of sp³-hybridized carbons (Fsp3) is 0.250. The zero-order valence-electron chi connectivity index (χ0n) is 23.0. The summed E-state index contributed by atoms with van der Waals surface area (Å²) < 4.78 is 56.6. The van der Waals surface area contributed by atoms with E-state index < -0.39 is 20.0 Å². The molecule has 0 radical (unpaired) electrons. The van der Waals surface area contributed by atoms with Crippen molar-refractivity contribution < 1.29 is 16.8 Å². The van der Waals surface area contributed by atoms with Crippen molar-refractivity contribution in [2.75, 3.05) is 26.2 Å². The minimum atomic E-state index is -3.65. The van der Waals surface area contributed by atoms with E-state index in [0.717, 1.165) is 11.1 Å². The van der Waals surface area contributed by atoms with Crippen molar-refractivity contribution in [3.8, 4) is 0 Å². The molecule has 0 saturated heterocycles. The first-order valence-corrected chi connectivity index (χ1v) is 16.6. The summed E-state index contributed by atoms with van der Waals surface area (Å²) in [6.45, 7) is 2.54. The minimum absolute atomic E-state index is 0.280. The highest BCUT2D eigenvalue weighted by Crippen LogP contribution is 2.20. The number of rotatable bonds is 16. The summed E-state index contributed by atoms with van der Waals surface area (Å²) in [5, 5.41) is 3.36. The molecule has 7 nitrogen and oxygen atoms in total. The van der Waals surface area contributed by atoms with Crippen molar-refractivity contribution in [2.24, 2.45) is 0 Å². The fourth-order valence-corrected chi connectivity index (χ4v) is 7.49. The number of hydrogen-bond acceptors (Lipinski definition) is 5. The third-order valence-corrected chi connectivity index (χ3v) is 10.4. The van der Waals surface area contributed by atoms with Crippen molar-refractivity contribution in [3.05, 3.63) is 132 Å². The van der Waals surface area contributed by atoms with Gasteiger partial charge in [-0.3, -0.25) is 0 Å². The van der Waals surface area contributed by atoms with Gasteiger partial charge in [-0.25, -0.2) is 16.8 Å². The molecule has 0 amide bonds. The molecule has 4 rings (SSSR count).